The van der Waals surface area contributed by atoms with Crippen molar-refractivity contribution >= 4 is 56.0 Å². The summed E-state index contributed by atoms with van der Waals surface area (Å²) in [5.74, 6) is 0.679. The lowest BCUT2D eigenvalue weighted by atomic mass is 10.1. The van der Waals surface area contributed by atoms with E-state index in [0.717, 1.165) is 19.4 Å². The number of aromatic nitrogens is 2. The zero-order chi connectivity index (χ0) is 17.3. The lowest BCUT2D eigenvalue weighted by molar-refractivity contribution is 0.107. The molecule has 25 heavy (non-hydrogen) atoms. The van der Waals surface area contributed by atoms with Crippen molar-refractivity contribution in [2.24, 2.45) is 0 Å². The highest BCUT2D eigenvalue weighted by atomic mass is 79.9. The smallest absolute Gasteiger partial charge is 0.189 e. The van der Waals surface area contributed by atoms with Gasteiger partial charge in [-0.1, -0.05) is 23.4 Å². The van der Waals surface area contributed by atoms with Gasteiger partial charge in [-0.3, -0.25) is 0 Å². The number of nitrogens with zero attached hydrogens (tertiary/aromatic N) is 3. The fraction of sp³-hybridized carbons (Fsp3) is 0.500. The second kappa shape index (κ2) is 5.84. The van der Waals surface area contributed by atoms with Gasteiger partial charge in [0.1, 0.15) is 23.0 Å². The molecule has 1 aromatic heterocycles. The van der Waals surface area contributed by atoms with Crippen molar-refractivity contribution in [1.29, 1.82) is 0 Å². The summed E-state index contributed by atoms with van der Waals surface area (Å²) >= 11 is 11.0. The molecular weight excluding hydrogens is 433 g/mol. The Morgan fingerprint density at radius 3 is 3.04 bits per heavy atom. The third kappa shape index (κ3) is 2.23. The van der Waals surface area contributed by atoms with Gasteiger partial charge in [0.05, 0.1) is 28.0 Å². The highest BCUT2D eigenvalue weighted by molar-refractivity contribution is 9.10. The molecule has 0 amide bonds. The van der Waals surface area contributed by atoms with E-state index in [4.69, 9.17) is 26.1 Å². The average Bonchev–Trinajstić information content (AvgIpc) is 3.15. The topological polar surface area (TPSA) is 47.5 Å². The average molecular weight is 447 g/mol. The summed E-state index contributed by atoms with van der Waals surface area (Å²) in [5.41, 5.74) is 0.239. The summed E-state index contributed by atoms with van der Waals surface area (Å²) in [7, 11) is 0. The van der Waals surface area contributed by atoms with Crippen molar-refractivity contribution in [1.82, 2.24) is 9.97 Å². The van der Waals surface area contributed by atoms with Crippen LogP contribution in [0.15, 0.2) is 9.63 Å². The van der Waals surface area contributed by atoms with Crippen molar-refractivity contribution in [3.8, 4) is 5.75 Å². The van der Waals surface area contributed by atoms with Crippen LogP contribution in [0.4, 0.5) is 10.2 Å². The molecule has 3 unspecified atom stereocenters. The normalized spacial score (nSPS) is 27.2. The van der Waals surface area contributed by atoms with E-state index < -0.39 is 5.82 Å². The van der Waals surface area contributed by atoms with Crippen LogP contribution < -0.4 is 9.64 Å². The van der Waals surface area contributed by atoms with Gasteiger partial charge in [0.15, 0.2) is 16.7 Å². The highest BCUT2D eigenvalue weighted by Crippen LogP contribution is 2.49. The summed E-state index contributed by atoms with van der Waals surface area (Å²) in [6, 6.07) is 0.367. The molecule has 0 radical (unpaired) electrons. The minimum atomic E-state index is -0.483. The molecule has 0 spiro atoms. The molecule has 2 fully saturated rings. The first kappa shape index (κ1) is 16.4. The van der Waals surface area contributed by atoms with E-state index in [9.17, 15) is 4.39 Å². The summed E-state index contributed by atoms with van der Waals surface area (Å²) in [6.07, 6.45) is 3.87. The van der Waals surface area contributed by atoms with E-state index in [-0.39, 0.29) is 33.2 Å². The molecule has 0 N–H and O–H groups in total. The SMILES string of the molecule is CSc1nc2c3c(c(Cl)c(Br)c(F)c3n1)OCC1CC3OCCC3N21. The highest BCUT2D eigenvalue weighted by Gasteiger charge is 2.48. The van der Waals surface area contributed by atoms with Crippen LogP contribution >= 0.6 is 39.3 Å². The molecule has 3 aliphatic heterocycles. The van der Waals surface area contributed by atoms with Gasteiger partial charge >= 0.3 is 0 Å². The second-order valence-corrected chi connectivity index (χ2v) is 8.35. The zero-order valence-corrected chi connectivity index (χ0v) is 16.4. The lowest BCUT2D eigenvalue weighted by Crippen LogP contribution is -2.39. The van der Waals surface area contributed by atoms with Crippen molar-refractivity contribution in [2.45, 2.75) is 36.2 Å². The molecule has 2 aromatic rings. The van der Waals surface area contributed by atoms with E-state index >= 15 is 0 Å². The van der Waals surface area contributed by atoms with Crippen molar-refractivity contribution in [3.63, 3.8) is 0 Å². The van der Waals surface area contributed by atoms with Gasteiger partial charge < -0.3 is 14.4 Å². The summed E-state index contributed by atoms with van der Waals surface area (Å²) < 4.78 is 27.0. The standard InChI is InChI=1S/C16H14BrClFN3O2S/c1-25-16-20-13-9-14(11(18)10(17)12(13)19)24-5-6-4-8-7(2-3-23-8)22(6)15(9)21-16/h6-8H,2-5H2,1H3. The molecular formula is C16H14BrClFN3O2S. The quantitative estimate of drug-likeness (QED) is 0.374. The van der Waals surface area contributed by atoms with Gasteiger partial charge in [0.2, 0.25) is 0 Å². The number of fused-ring (bicyclic) bond motifs is 4. The second-order valence-electron chi connectivity index (χ2n) is 6.40. The number of hydrogen-bond acceptors (Lipinski definition) is 6. The molecule has 1 aromatic carbocycles. The van der Waals surface area contributed by atoms with E-state index in [1.807, 2.05) is 6.26 Å². The molecule has 0 bridgehead atoms. The van der Waals surface area contributed by atoms with Crippen LogP contribution in [0.5, 0.6) is 5.75 Å². The molecule has 3 atom stereocenters. The zero-order valence-electron chi connectivity index (χ0n) is 13.3. The van der Waals surface area contributed by atoms with Crippen LogP contribution in [0, 0.1) is 5.82 Å². The maximum Gasteiger partial charge on any atom is 0.189 e. The first-order chi connectivity index (χ1) is 12.1. The van der Waals surface area contributed by atoms with Gasteiger partial charge in [-0.2, -0.15) is 0 Å². The Labute approximate surface area is 161 Å². The molecule has 3 aliphatic rings. The minimum Gasteiger partial charge on any atom is -0.489 e. The van der Waals surface area contributed by atoms with Crippen LogP contribution in [0.25, 0.3) is 10.9 Å². The number of halogens is 3. The molecule has 5 nitrogen and oxygen atoms in total. The summed E-state index contributed by atoms with van der Waals surface area (Å²) in [5, 5.41) is 1.32. The molecule has 132 valence electrons. The molecule has 9 heteroatoms. The van der Waals surface area contributed by atoms with E-state index in [2.05, 4.69) is 25.8 Å². The largest absolute Gasteiger partial charge is 0.489 e. The summed E-state index contributed by atoms with van der Waals surface area (Å²) in [4.78, 5) is 11.4. The molecule has 0 saturated carbocycles. The van der Waals surface area contributed by atoms with E-state index in [0.29, 0.717) is 28.7 Å². The van der Waals surface area contributed by atoms with Gasteiger partial charge in [-0.05, 0) is 35.0 Å². The van der Waals surface area contributed by atoms with Crippen LogP contribution in [0.1, 0.15) is 12.8 Å². The molecule has 0 aliphatic carbocycles. The fourth-order valence-corrected chi connectivity index (χ4v) is 5.07. The van der Waals surface area contributed by atoms with Crippen LogP contribution in [0.3, 0.4) is 0 Å². The predicted molar refractivity (Wildman–Crippen MR) is 98.5 cm³/mol. The third-order valence-electron chi connectivity index (χ3n) is 5.17. The van der Waals surface area contributed by atoms with Crippen molar-refractivity contribution < 1.29 is 13.9 Å². The number of benzene rings is 1. The molecule has 4 heterocycles. The lowest BCUT2D eigenvalue weighted by Gasteiger charge is -2.28. The Balaban J connectivity index is 1.85. The Morgan fingerprint density at radius 2 is 2.24 bits per heavy atom. The number of thioether (sulfide) groups is 1. The first-order valence-electron chi connectivity index (χ1n) is 8.05. The Hall–Kier alpha value is -0.830. The molecule has 5 rings (SSSR count). The van der Waals surface area contributed by atoms with Crippen LogP contribution in [0.2, 0.25) is 5.02 Å². The van der Waals surface area contributed by atoms with Crippen LogP contribution in [-0.4, -0.2) is 47.6 Å². The minimum absolute atomic E-state index is 0.133. The Bertz CT molecular complexity index is 902. The monoisotopic (exact) mass is 445 g/mol. The van der Waals surface area contributed by atoms with Gasteiger partial charge in [0, 0.05) is 6.61 Å². The van der Waals surface area contributed by atoms with E-state index in [1.54, 1.807) is 0 Å². The van der Waals surface area contributed by atoms with Gasteiger partial charge in [-0.15, -0.1) is 0 Å². The third-order valence-corrected chi connectivity index (χ3v) is 7.05. The number of rotatable bonds is 1. The maximum atomic E-state index is 14.9. The van der Waals surface area contributed by atoms with Gasteiger partial charge in [-0.25, -0.2) is 14.4 Å². The fourth-order valence-electron chi connectivity index (χ4n) is 4.11. The van der Waals surface area contributed by atoms with E-state index in [1.165, 1.54) is 11.8 Å². The number of hydrogen-bond donors (Lipinski definition) is 0. The number of anilines is 1. The summed E-state index contributed by atoms with van der Waals surface area (Å²) in [6.45, 7) is 1.21. The van der Waals surface area contributed by atoms with Gasteiger partial charge in [0.25, 0.3) is 0 Å². The molecule has 2 saturated heterocycles. The van der Waals surface area contributed by atoms with Crippen LogP contribution in [-0.2, 0) is 4.74 Å². The van der Waals surface area contributed by atoms with Crippen molar-refractivity contribution in [3.05, 3.63) is 15.3 Å². The Morgan fingerprint density at radius 1 is 1.40 bits per heavy atom. The first-order valence-corrected chi connectivity index (χ1v) is 10.4. The predicted octanol–water partition coefficient (Wildman–Crippen LogP) is 4.04. The van der Waals surface area contributed by atoms with Crippen molar-refractivity contribution in [2.75, 3.05) is 24.4 Å². The maximum absolute atomic E-state index is 14.9. The number of ether oxygens (including phenoxy) is 2. The Kier molecular flexibility index (Phi) is 3.82.